The Labute approximate surface area is 194 Å². The van der Waals surface area contributed by atoms with Crippen LogP contribution in [0.25, 0.3) is 10.9 Å². The van der Waals surface area contributed by atoms with Crippen molar-refractivity contribution in [2.24, 2.45) is 0 Å². The van der Waals surface area contributed by atoms with Crippen molar-refractivity contribution in [3.8, 4) is 0 Å². The number of aryl methyl sites for hydroxylation is 1. The second-order valence-electron chi connectivity index (χ2n) is 9.47. The standard InChI is InChI=1S/C25H32N6O2/c1-5-31-20-9-7-6-8-17(20)14-21(31)23(32)28-18-10-11-22(26-15-18)27-19-12-13-30(16-19)24(33)29-25(2,3)4/h6-11,14-15,19H,5,12-13,16H2,1-4H3,(H,26,27)(H,28,32)(H,29,33)/t19-/m0/s1. The number of carbonyl (C=O) groups is 2. The smallest absolute Gasteiger partial charge is 0.317 e. The lowest BCUT2D eigenvalue weighted by Crippen LogP contribution is -2.48. The number of nitrogens with one attached hydrogen (secondary N) is 3. The summed E-state index contributed by atoms with van der Waals surface area (Å²) in [6.07, 6.45) is 2.51. The Balaban J connectivity index is 1.36. The molecule has 0 aliphatic carbocycles. The number of urea groups is 1. The van der Waals surface area contributed by atoms with E-state index in [1.807, 2.05) is 79.6 Å². The third-order valence-corrected chi connectivity index (χ3v) is 5.69. The average molecular weight is 449 g/mol. The number of anilines is 2. The molecule has 8 nitrogen and oxygen atoms in total. The zero-order valence-electron chi connectivity index (χ0n) is 19.7. The van der Waals surface area contributed by atoms with Crippen LogP contribution >= 0.6 is 0 Å². The summed E-state index contributed by atoms with van der Waals surface area (Å²) in [5, 5.41) is 10.4. The van der Waals surface area contributed by atoms with E-state index in [-0.39, 0.29) is 23.5 Å². The number of likely N-dealkylation sites (tertiary alicyclic amines) is 1. The van der Waals surface area contributed by atoms with Gasteiger partial charge in [0.15, 0.2) is 0 Å². The molecule has 0 saturated carbocycles. The average Bonchev–Trinajstić information content (AvgIpc) is 3.38. The normalized spacial score (nSPS) is 16.1. The van der Waals surface area contributed by atoms with E-state index in [2.05, 4.69) is 20.9 Å². The van der Waals surface area contributed by atoms with E-state index in [0.717, 1.165) is 23.1 Å². The number of aromatic nitrogens is 2. The first kappa shape index (κ1) is 22.6. The van der Waals surface area contributed by atoms with Gasteiger partial charge in [-0.15, -0.1) is 0 Å². The molecule has 1 atom stereocenters. The Bertz CT molecular complexity index is 1150. The topological polar surface area (TPSA) is 91.3 Å². The van der Waals surface area contributed by atoms with Crippen LogP contribution in [-0.2, 0) is 6.54 Å². The third kappa shape index (κ3) is 5.27. The van der Waals surface area contributed by atoms with Crippen LogP contribution in [0.4, 0.5) is 16.3 Å². The van der Waals surface area contributed by atoms with Gasteiger partial charge < -0.3 is 25.4 Å². The van der Waals surface area contributed by atoms with Gasteiger partial charge in [0.05, 0.1) is 11.9 Å². The zero-order valence-corrected chi connectivity index (χ0v) is 19.7. The molecule has 3 heterocycles. The van der Waals surface area contributed by atoms with Crippen LogP contribution < -0.4 is 16.0 Å². The molecule has 3 N–H and O–H groups in total. The van der Waals surface area contributed by atoms with Gasteiger partial charge in [-0.3, -0.25) is 4.79 Å². The predicted molar refractivity (Wildman–Crippen MR) is 132 cm³/mol. The third-order valence-electron chi connectivity index (χ3n) is 5.69. The van der Waals surface area contributed by atoms with Crippen molar-refractivity contribution in [1.82, 2.24) is 19.8 Å². The molecule has 1 aromatic carbocycles. The maximum absolute atomic E-state index is 12.9. The molecule has 0 bridgehead atoms. The molecule has 2 aromatic heterocycles. The van der Waals surface area contributed by atoms with Gasteiger partial charge in [0.25, 0.3) is 5.91 Å². The van der Waals surface area contributed by atoms with Crippen LogP contribution in [0.15, 0.2) is 48.7 Å². The van der Waals surface area contributed by atoms with E-state index in [0.29, 0.717) is 31.0 Å². The Kier molecular flexibility index (Phi) is 6.26. The summed E-state index contributed by atoms with van der Waals surface area (Å²) in [5.74, 6) is 0.561. The SMILES string of the molecule is CCn1c(C(=O)Nc2ccc(N[C@H]3CCN(C(=O)NC(C)(C)C)C3)nc2)cc2ccccc21. The van der Waals surface area contributed by atoms with E-state index >= 15 is 0 Å². The fourth-order valence-electron chi connectivity index (χ4n) is 4.16. The van der Waals surface area contributed by atoms with Gasteiger partial charge in [-0.2, -0.15) is 0 Å². The molecule has 1 aliphatic rings. The Morgan fingerprint density at radius 2 is 1.94 bits per heavy atom. The maximum Gasteiger partial charge on any atom is 0.317 e. The molecule has 3 amide bonds. The molecule has 0 spiro atoms. The minimum Gasteiger partial charge on any atom is -0.365 e. The number of rotatable bonds is 5. The number of carbonyl (C=O) groups excluding carboxylic acids is 2. The van der Waals surface area contributed by atoms with Gasteiger partial charge in [-0.1, -0.05) is 18.2 Å². The van der Waals surface area contributed by atoms with Crippen LogP contribution in [0.3, 0.4) is 0 Å². The van der Waals surface area contributed by atoms with Crippen molar-refractivity contribution in [3.05, 3.63) is 54.4 Å². The number of hydrogen-bond acceptors (Lipinski definition) is 4. The number of amides is 3. The van der Waals surface area contributed by atoms with Crippen molar-refractivity contribution in [1.29, 1.82) is 0 Å². The Hall–Kier alpha value is -3.55. The fraction of sp³-hybridized carbons (Fsp3) is 0.400. The molecule has 1 fully saturated rings. The predicted octanol–water partition coefficient (Wildman–Crippen LogP) is 4.30. The first-order chi connectivity index (χ1) is 15.7. The van der Waals surface area contributed by atoms with Crippen molar-refractivity contribution in [3.63, 3.8) is 0 Å². The molecule has 1 saturated heterocycles. The molecule has 0 radical (unpaired) electrons. The molecular weight excluding hydrogens is 416 g/mol. The van der Waals surface area contributed by atoms with Crippen LogP contribution in [0.5, 0.6) is 0 Å². The van der Waals surface area contributed by atoms with Crippen molar-refractivity contribution >= 4 is 34.3 Å². The summed E-state index contributed by atoms with van der Waals surface area (Å²) in [7, 11) is 0. The number of hydrogen-bond donors (Lipinski definition) is 3. The molecule has 0 unspecified atom stereocenters. The van der Waals surface area contributed by atoms with E-state index in [9.17, 15) is 9.59 Å². The highest BCUT2D eigenvalue weighted by Gasteiger charge is 2.28. The van der Waals surface area contributed by atoms with Gasteiger partial charge in [-0.05, 0) is 58.4 Å². The largest absolute Gasteiger partial charge is 0.365 e. The van der Waals surface area contributed by atoms with E-state index in [4.69, 9.17) is 0 Å². The minimum absolute atomic E-state index is 0.0395. The molecule has 33 heavy (non-hydrogen) atoms. The van der Waals surface area contributed by atoms with Gasteiger partial charge >= 0.3 is 6.03 Å². The molecular formula is C25H32N6O2. The maximum atomic E-state index is 12.9. The monoisotopic (exact) mass is 448 g/mol. The molecule has 8 heteroatoms. The number of para-hydroxylation sites is 1. The highest BCUT2D eigenvalue weighted by atomic mass is 16.2. The Morgan fingerprint density at radius 1 is 1.15 bits per heavy atom. The number of benzene rings is 1. The second kappa shape index (κ2) is 9.13. The lowest BCUT2D eigenvalue weighted by atomic mass is 10.1. The number of fused-ring (bicyclic) bond motifs is 1. The first-order valence-electron chi connectivity index (χ1n) is 11.4. The van der Waals surface area contributed by atoms with E-state index < -0.39 is 0 Å². The van der Waals surface area contributed by atoms with Crippen molar-refractivity contribution < 1.29 is 9.59 Å². The summed E-state index contributed by atoms with van der Waals surface area (Å²) >= 11 is 0. The quantitative estimate of drug-likeness (QED) is 0.543. The van der Waals surface area contributed by atoms with E-state index in [1.54, 1.807) is 6.20 Å². The Morgan fingerprint density at radius 3 is 2.64 bits per heavy atom. The lowest BCUT2D eigenvalue weighted by Gasteiger charge is -2.25. The molecule has 1 aliphatic heterocycles. The van der Waals surface area contributed by atoms with Crippen LogP contribution in [0.1, 0.15) is 44.6 Å². The van der Waals surface area contributed by atoms with Gasteiger partial charge in [0.2, 0.25) is 0 Å². The summed E-state index contributed by atoms with van der Waals surface area (Å²) in [6, 6.07) is 13.7. The van der Waals surface area contributed by atoms with Crippen LogP contribution in [-0.4, -0.2) is 51.1 Å². The number of pyridine rings is 1. The zero-order chi connectivity index (χ0) is 23.6. The highest BCUT2D eigenvalue weighted by Crippen LogP contribution is 2.21. The second-order valence-corrected chi connectivity index (χ2v) is 9.47. The highest BCUT2D eigenvalue weighted by molar-refractivity contribution is 6.06. The number of nitrogens with zero attached hydrogens (tertiary/aromatic N) is 3. The summed E-state index contributed by atoms with van der Waals surface area (Å²) < 4.78 is 2.01. The first-order valence-corrected chi connectivity index (χ1v) is 11.4. The van der Waals surface area contributed by atoms with E-state index in [1.165, 1.54) is 0 Å². The molecule has 4 rings (SSSR count). The molecule has 3 aromatic rings. The summed E-state index contributed by atoms with van der Waals surface area (Å²) in [4.78, 5) is 31.5. The molecule has 174 valence electrons. The van der Waals surface area contributed by atoms with Gasteiger partial charge in [-0.25, -0.2) is 9.78 Å². The summed E-state index contributed by atoms with van der Waals surface area (Å²) in [5.41, 5.74) is 2.05. The van der Waals surface area contributed by atoms with Crippen LogP contribution in [0.2, 0.25) is 0 Å². The van der Waals surface area contributed by atoms with Crippen molar-refractivity contribution in [2.75, 3.05) is 23.7 Å². The minimum atomic E-state index is -0.254. The summed E-state index contributed by atoms with van der Waals surface area (Å²) in [6.45, 7) is 10.0. The van der Waals surface area contributed by atoms with Crippen molar-refractivity contribution in [2.45, 2.75) is 52.2 Å². The van der Waals surface area contributed by atoms with Gasteiger partial charge in [0, 0.05) is 42.1 Å². The van der Waals surface area contributed by atoms with Crippen LogP contribution in [0, 0.1) is 0 Å². The lowest BCUT2D eigenvalue weighted by molar-refractivity contribution is 0.101. The van der Waals surface area contributed by atoms with Gasteiger partial charge in [0.1, 0.15) is 11.5 Å². The fourth-order valence-corrected chi connectivity index (χ4v) is 4.16.